The number of hydrazone groups is 1. The van der Waals surface area contributed by atoms with E-state index in [0.717, 1.165) is 5.56 Å². The van der Waals surface area contributed by atoms with Gasteiger partial charge in [-0.15, -0.1) is 0 Å². The van der Waals surface area contributed by atoms with Crippen molar-refractivity contribution in [2.24, 2.45) is 10.5 Å². The van der Waals surface area contributed by atoms with E-state index in [0.29, 0.717) is 38.2 Å². The molecule has 0 saturated heterocycles. The number of Topliss-reactive ketones (excluding diaryl/α,β-unsaturated/α-hetero) is 1. The Hall–Kier alpha value is -4.86. The van der Waals surface area contributed by atoms with Gasteiger partial charge in [-0.05, 0) is 61.4 Å². The summed E-state index contributed by atoms with van der Waals surface area (Å²) >= 11 is 3.72. The normalized spacial score (nSPS) is 20.5. The van der Waals surface area contributed by atoms with Crippen LogP contribution in [0.1, 0.15) is 52.4 Å². The number of nitrogens with zero attached hydrogens (tertiary/aromatic N) is 3. The molecular weight excluding hydrogens is 686 g/mol. The summed E-state index contributed by atoms with van der Waals surface area (Å²) < 4.78 is 32.2. The summed E-state index contributed by atoms with van der Waals surface area (Å²) in [6, 6.07) is 38.2. The number of rotatable bonds is 7. The molecule has 48 heavy (non-hydrogen) atoms. The summed E-state index contributed by atoms with van der Waals surface area (Å²) in [6.45, 7) is 3.67. The van der Waals surface area contributed by atoms with Gasteiger partial charge in [-0.3, -0.25) is 13.9 Å². The SMILES string of the molecule is CC1=NN(c2ccccc2)C(=O)[C@]12[C@H](c1ccccc1Br)N(S(=O)(=O)c1ccc(C)cc1)c1ccccc1[C@@H]2CC(=O)c1ccccc1. The van der Waals surface area contributed by atoms with E-state index in [4.69, 9.17) is 5.10 Å². The van der Waals surface area contributed by atoms with Gasteiger partial charge in [0.1, 0.15) is 5.41 Å². The molecule has 0 radical (unpaired) electrons. The Bertz CT molecular complexity index is 2170. The number of hydrogen-bond acceptors (Lipinski definition) is 5. The molecule has 0 saturated carbocycles. The second-order valence-electron chi connectivity index (χ2n) is 12.1. The van der Waals surface area contributed by atoms with E-state index in [2.05, 4.69) is 15.9 Å². The van der Waals surface area contributed by atoms with Crippen molar-refractivity contribution in [2.75, 3.05) is 9.31 Å². The molecule has 0 aliphatic carbocycles. The molecule has 240 valence electrons. The number of carbonyl (C=O) groups excluding carboxylic acids is 2. The van der Waals surface area contributed by atoms with Crippen LogP contribution in [0.3, 0.4) is 0 Å². The zero-order chi connectivity index (χ0) is 33.6. The van der Waals surface area contributed by atoms with Crippen molar-refractivity contribution in [3.63, 3.8) is 0 Å². The molecule has 9 heteroatoms. The predicted octanol–water partition coefficient (Wildman–Crippen LogP) is 8.47. The third-order valence-electron chi connectivity index (χ3n) is 9.42. The average molecular weight is 719 g/mol. The fraction of sp³-hybridized carbons (Fsp3) is 0.154. The van der Waals surface area contributed by atoms with Crippen LogP contribution in [-0.4, -0.2) is 25.8 Å². The van der Waals surface area contributed by atoms with E-state index >= 15 is 13.2 Å². The van der Waals surface area contributed by atoms with Crippen LogP contribution in [0, 0.1) is 12.3 Å². The molecule has 2 aliphatic rings. The Morgan fingerprint density at radius 3 is 2.02 bits per heavy atom. The van der Waals surface area contributed by atoms with Gasteiger partial charge in [0.25, 0.3) is 15.9 Å². The topological polar surface area (TPSA) is 87.1 Å². The highest BCUT2D eigenvalue weighted by atomic mass is 79.9. The maximum absolute atomic E-state index is 15.4. The number of para-hydroxylation sites is 2. The fourth-order valence-corrected chi connectivity index (χ4v) is 9.36. The molecule has 0 N–H and O–H groups in total. The van der Waals surface area contributed by atoms with Crippen molar-refractivity contribution >= 4 is 54.7 Å². The van der Waals surface area contributed by atoms with Crippen molar-refractivity contribution in [2.45, 2.75) is 37.1 Å². The first kappa shape index (κ1) is 31.7. The highest BCUT2D eigenvalue weighted by Gasteiger charge is 2.66. The molecule has 0 fully saturated rings. The third-order valence-corrected chi connectivity index (χ3v) is 11.9. The number of ketones is 1. The van der Waals surface area contributed by atoms with Gasteiger partial charge in [0.2, 0.25) is 0 Å². The van der Waals surface area contributed by atoms with Crippen LogP contribution >= 0.6 is 15.9 Å². The molecule has 1 spiro atoms. The summed E-state index contributed by atoms with van der Waals surface area (Å²) in [7, 11) is -4.30. The lowest BCUT2D eigenvalue weighted by molar-refractivity contribution is -0.126. The highest BCUT2D eigenvalue weighted by Crippen LogP contribution is 2.62. The van der Waals surface area contributed by atoms with Crippen LogP contribution < -0.4 is 9.31 Å². The van der Waals surface area contributed by atoms with E-state index in [9.17, 15) is 4.79 Å². The van der Waals surface area contributed by atoms with Gasteiger partial charge < -0.3 is 0 Å². The summed E-state index contributed by atoms with van der Waals surface area (Å²) in [5.74, 6) is -1.33. The molecule has 0 unspecified atom stereocenters. The number of sulfonamides is 1. The molecule has 5 aromatic rings. The summed E-state index contributed by atoms with van der Waals surface area (Å²) in [4.78, 5) is 29.7. The second kappa shape index (κ2) is 12.3. The zero-order valence-corrected chi connectivity index (χ0v) is 28.7. The number of hydrogen-bond donors (Lipinski definition) is 0. The molecule has 5 aromatic carbocycles. The van der Waals surface area contributed by atoms with Gasteiger partial charge in [-0.2, -0.15) is 10.1 Å². The van der Waals surface area contributed by atoms with Crippen LogP contribution in [0.5, 0.6) is 0 Å². The minimum atomic E-state index is -4.30. The van der Waals surface area contributed by atoms with Gasteiger partial charge in [0, 0.05) is 22.4 Å². The van der Waals surface area contributed by atoms with Crippen molar-refractivity contribution in [1.29, 1.82) is 0 Å². The molecular formula is C39H32BrN3O4S. The number of aryl methyl sites for hydroxylation is 1. The average Bonchev–Trinajstić information content (AvgIpc) is 3.36. The number of benzene rings is 5. The zero-order valence-electron chi connectivity index (χ0n) is 26.3. The van der Waals surface area contributed by atoms with Crippen LogP contribution in [0.2, 0.25) is 0 Å². The summed E-state index contributed by atoms with van der Waals surface area (Å²) in [6.07, 6.45) is -0.0539. The first-order valence-corrected chi connectivity index (χ1v) is 17.9. The molecule has 2 heterocycles. The monoisotopic (exact) mass is 717 g/mol. The number of fused-ring (bicyclic) bond motifs is 1. The lowest BCUT2D eigenvalue weighted by Crippen LogP contribution is -2.58. The Morgan fingerprint density at radius 1 is 0.771 bits per heavy atom. The van der Waals surface area contributed by atoms with Crippen LogP contribution in [0.4, 0.5) is 11.4 Å². The lowest BCUT2D eigenvalue weighted by atomic mass is 9.59. The van der Waals surface area contributed by atoms with Gasteiger partial charge in [0.15, 0.2) is 5.78 Å². The Balaban J connectivity index is 1.57. The van der Waals surface area contributed by atoms with Gasteiger partial charge >= 0.3 is 0 Å². The van der Waals surface area contributed by atoms with Gasteiger partial charge in [0.05, 0.1) is 28.0 Å². The Kier molecular flexibility index (Phi) is 8.13. The molecule has 0 bridgehead atoms. The smallest absolute Gasteiger partial charge is 0.264 e. The maximum Gasteiger partial charge on any atom is 0.264 e. The molecule has 3 atom stereocenters. The molecule has 7 nitrogen and oxygen atoms in total. The third kappa shape index (κ3) is 5.00. The van der Waals surface area contributed by atoms with Crippen molar-refractivity contribution in [3.8, 4) is 0 Å². The number of carbonyl (C=O) groups is 2. The molecule has 7 rings (SSSR count). The first-order valence-electron chi connectivity index (χ1n) is 15.6. The summed E-state index contributed by atoms with van der Waals surface area (Å²) in [5.41, 5.74) is 2.35. The molecule has 2 aliphatic heterocycles. The quantitative estimate of drug-likeness (QED) is 0.158. The van der Waals surface area contributed by atoms with Crippen molar-refractivity contribution < 1.29 is 18.0 Å². The minimum absolute atomic E-state index is 0.0539. The lowest BCUT2D eigenvalue weighted by Gasteiger charge is -2.52. The van der Waals surface area contributed by atoms with E-state index < -0.39 is 33.3 Å². The van der Waals surface area contributed by atoms with Gasteiger partial charge in [-0.25, -0.2) is 8.42 Å². The van der Waals surface area contributed by atoms with Crippen LogP contribution in [0.15, 0.2) is 148 Å². The van der Waals surface area contributed by atoms with Gasteiger partial charge in [-0.1, -0.05) is 119 Å². The predicted molar refractivity (Wildman–Crippen MR) is 192 cm³/mol. The van der Waals surface area contributed by atoms with E-state index in [1.54, 1.807) is 67.6 Å². The van der Waals surface area contributed by atoms with Crippen molar-refractivity contribution in [1.82, 2.24) is 0 Å². The molecule has 1 amide bonds. The summed E-state index contributed by atoms with van der Waals surface area (Å²) in [5, 5.41) is 6.24. The highest BCUT2D eigenvalue weighted by molar-refractivity contribution is 9.10. The van der Waals surface area contributed by atoms with E-state index in [1.807, 2.05) is 79.7 Å². The standard InChI is InChI=1S/C39H32BrN3O4S/c1-26-21-23-30(24-22-26)48(46,47)43-35-20-12-10-17-31(35)33(25-36(44)28-13-5-3-6-14-28)39(37(43)32-18-9-11-19-34(32)40)27(2)41-42(38(39)45)29-15-7-4-8-16-29/h3-24,33,37H,25H2,1-2H3/t33-,37-,39+/m0/s1. The fourth-order valence-electron chi connectivity index (χ4n) is 7.17. The van der Waals surface area contributed by atoms with Crippen molar-refractivity contribution in [3.05, 3.63) is 160 Å². The first-order chi connectivity index (χ1) is 23.2. The maximum atomic E-state index is 15.4. The van der Waals surface area contributed by atoms with E-state index in [1.165, 1.54) is 9.31 Å². The molecule has 0 aromatic heterocycles. The Morgan fingerprint density at radius 2 is 1.35 bits per heavy atom. The van der Waals surface area contributed by atoms with Crippen LogP contribution in [0.25, 0.3) is 0 Å². The Labute approximate surface area is 288 Å². The largest absolute Gasteiger partial charge is 0.294 e. The van der Waals surface area contributed by atoms with E-state index in [-0.39, 0.29) is 17.1 Å². The second-order valence-corrected chi connectivity index (χ2v) is 14.8. The number of anilines is 2. The van der Waals surface area contributed by atoms with Crippen LogP contribution in [-0.2, 0) is 14.8 Å². The number of amides is 1. The number of halogens is 1. The minimum Gasteiger partial charge on any atom is -0.294 e.